The van der Waals surface area contributed by atoms with Crippen molar-refractivity contribution in [2.24, 2.45) is 5.16 Å². The number of nitrogens with two attached hydrogens (primary N) is 1. The number of nitro benzene ring substituents is 1. The summed E-state index contributed by atoms with van der Waals surface area (Å²) >= 11 is 0.974. The molecule has 0 unspecified atom stereocenters. The SMILES string of the molecule is CON=C(C(=O)N[C@H]1C(=O)N(S(=O)(=O)[O-])[C@H]1C(=O)OCc1ccc([N+](=O)[O-])cc1)c1csc(N)n1.[Na+]. The number of anilines is 1. The van der Waals surface area contributed by atoms with E-state index in [2.05, 4.69) is 20.3 Å². The van der Waals surface area contributed by atoms with E-state index in [1.807, 2.05) is 0 Å². The zero-order chi connectivity index (χ0) is 25.9. The second-order valence-electron chi connectivity index (χ2n) is 6.71. The first kappa shape index (κ1) is 29.1. The number of nitro groups is 1. The van der Waals surface area contributed by atoms with Crippen molar-refractivity contribution in [2.75, 3.05) is 12.8 Å². The molecule has 1 aromatic carbocycles. The first-order chi connectivity index (χ1) is 16.4. The molecule has 16 nitrogen and oxygen atoms in total. The Morgan fingerprint density at radius 1 is 1.33 bits per heavy atom. The molecule has 1 aliphatic rings. The summed E-state index contributed by atoms with van der Waals surface area (Å²) in [5.41, 5.74) is 5.15. The number of nitrogens with zero attached hydrogens (tertiary/aromatic N) is 4. The molecule has 2 amide bonds. The van der Waals surface area contributed by atoms with Gasteiger partial charge in [0.25, 0.3) is 17.5 Å². The fourth-order valence-electron chi connectivity index (χ4n) is 2.94. The minimum Gasteiger partial charge on any atom is -0.731 e. The first-order valence-electron chi connectivity index (χ1n) is 9.26. The Labute approximate surface area is 228 Å². The molecule has 36 heavy (non-hydrogen) atoms. The van der Waals surface area contributed by atoms with E-state index in [1.165, 1.54) is 17.5 Å². The Morgan fingerprint density at radius 3 is 2.47 bits per heavy atom. The van der Waals surface area contributed by atoms with E-state index in [0.717, 1.165) is 30.6 Å². The van der Waals surface area contributed by atoms with Crippen molar-refractivity contribution >= 4 is 56.0 Å². The van der Waals surface area contributed by atoms with Gasteiger partial charge < -0.3 is 25.2 Å². The Morgan fingerprint density at radius 2 is 1.97 bits per heavy atom. The number of carbonyl (C=O) groups excluding carboxylic acids is 3. The van der Waals surface area contributed by atoms with Crippen LogP contribution in [0.1, 0.15) is 11.3 Å². The number of benzene rings is 1. The van der Waals surface area contributed by atoms with E-state index in [4.69, 9.17) is 10.5 Å². The van der Waals surface area contributed by atoms with Gasteiger partial charge in [0.1, 0.15) is 25.5 Å². The third-order valence-electron chi connectivity index (χ3n) is 4.51. The standard InChI is InChI=1S/C17H16N6O10S2.Na/c1-32-21-11(10-7-34-17(18)19-10)14(24)20-12-13(22(15(12)25)35(29,30)31)16(26)33-6-8-2-4-9(5-3-8)23(27)28;/h2-5,7,12-13H,6H2,1H3,(H2,18,19)(H,20,24)(H,29,30,31);/q;+1/p-1/t12-,13-;/m1./s1. The van der Waals surface area contributed by atoms with Crippen LogP contribution in [-0.4, -0.2) is 69.9 Å². The molecular weight excluding hydrogens is 535 g/mol. The Balaban J connectivity index is 0.00000456. The van der Waals surface area contributed by atoms with Crippen LogP contribution in [-0.2, 0) is 40.9 Å². The largest absolute Gasteiger partial charge is 1.00 e. The molecule has 186 valence electrons. The van der Waals surface area contributed by atoms with Crippen molar-refractivity contribution in [3.05, 3.63) is 51.0 Å². The van der Waals surface area contributed by atoms with Crippen molar-refractivity contribution in [1.29, 1.82) is 0 Å². The maximum absolute atomic E-state index is 12.7. The summed E-state index contributed by atoms with van der Waals surface area (Å²) in [7, 11) is -4.30. The van der Waals surface area contributed by atoms with Crippen LogP contribution in [0.25, 0.3) is 0 Å². The van der Waals surface area contributed by atoms with Gasteiger partial charge >= 0.3 is 35.5 Å². The number of non-ortho nitro benzene ring substituents is 1. The number of nitrogen functional groups attached to an aromatic ring is 1. The molecule has 0 saturated carbocycles. The van der Waals surface area contributed by atoms with Crippen LogP contribution in [0.3, 0.4) is 0 Å². The second kappa shape index (κ2) is 11.7. The summed E-state index contributed by atoms with van der Waals surface area (Å²) in [6, 6.07) is 1.08. The molecule has 3 N–H and O–H groups in total. The number of oxime groups is 1. The van der Waals surface area contributed by atoms with E-state index in [0.29, 0.717) is 5.56 Å². The first-order valence-corrected chi connectivity index (χ1v) is 11.5. The molecule has 1 saturated heterocycles. The van der Waals surface area contributed by atoms with Crippen LogP contribution >= 0.6 is 11.3 Å². The summed E-state index contributed by atoms with van der Waals surface area (Å²) in [5, 5.41) is 17.8. The number of amides is 2. The smallest absolute Gasteiger partial charge is 0.731 e. The topological polar surface area (TPSA) is 237 Å². The average Bonchev–Trinajstić information content (AvgIpc) is 3.22. The molecule has 2 aromatic rings. The minimum atomic E-state index is -5.43. The van der Waals surface area contributed by atoms with Crippen LogP contribution in [0.2, 0.25) is 0 Å². The zero-order valence-corrected chi connectivity index (χ0v) is 22.1. The van der Waals surface area contributed by atoms with Crippen molar-refractivity contribution in [3.63, 3.8) is 0 Å². The van der Waals surface area contributed by atoms with Crippen LogP contribution in [0.5, 0.6) is 0 Å². The molecule has 0 bridgehead atoms. The Kier molecular flexibility index (Phi) is 9.46. The number of rotatable bonds is 9. The molecule has 1 aliphatic heterocycles. The summed E-state index contributed by atoms with van der Waals surface area (Å²) in [4.78, 5) is 56.1. The monoisotopic (exact) mass is 550 g/mol. The molecule has 0 spiro atoms. The van der Waals surface area contributed by atoms with Gasteiger partial charge in [0.2, 0.25) is 0 Å². The van der Waals surface area contributed by atoms with Crippen molar-refractivity contribution < 1.29 is 71.4 Å². The minimum absolute atomic E-state index is 0. The molecule has 3 rings (SSSR count). The quantitative estimate of drug-likeness (QED) is 0.0576. The van der Waals surface area contributed by atoms with E-state index in [-0.39, 0.29) is 50.4 Å². The maximum Gasteiger partial charge on any atom is 1.00 e. The van der Waals surface area contributed by atoms with Crippen LogP contribution < -0.4 is 40.6 Å². The zero-order valence-electron chi connectivity index (χ0n) is 18.5. The predicted molar refractivity (Wildman–Crippen MR) is 115 cm³/mol. The fraction of sp³-hybridized carbons (Fsp3) is 0.235. The van der Waals surface area contributed by atoms with Crippen LogP contribution in [0.15, 0.2) is 34.8 Å². The predicted octanol–water partition coefficient (Wildman–Crippen LogP) is -4.11. The third-order valence-corrected chi connectivity index (χ3v) is 6.07. The summed E-state index contributed by atoms with van der Waals surface area (Å²) in [6.07, 6.45) is 0. The fourth-order valence-corrected chi connectivity index (χ4v) is 4.31. The van der Waals surface area contributed by atoms with E-state index in [9.17, 15) is 37.5 Å². The van der Waals surface area contributed by atoms with Gasteiger partial charge in [0, 0.05) is 17.5 Å². The van der Waals surface area contributed by atoms with E-state index in [1.54, 1.807) is 0 Å². The van der Waals surface area contributed by atoms with Gasteiger partial charge in [-0.15, -0.1) is 11.3 Å². The van der Waals surface area contributed by atoms with Gasteiger partial charge in [-0.1, -0.05) is 5.16 Å². The number of esters is 1. The molecule has 19 heteroatoms. The Hall–Kier alpha value is -3.16. The van der Waals surface area contributed by atoms with Crippen LogP contribution in [0.4, 0.5) is 10.8 Å². The van der Waals surface area contributed by atoms with E-state index < -0.39 is 57.4 Å². The van der Waals surface area contributed by atoms with Gasteiger partial charge in [0.15, 0.2) is 27.2 Å². The normalized spacial score (nSPS) is 17.4. The molecular formula is C17H15N6NaO10S2. The average molecular weight is 550 g/mol. The molecule has 1 fully saturated rings. The molecule has 2 heterocycles. The number of thiazole rings is 1. The summed E-state index contributed by atoms with van der Waals surface area (Å²) in [5.74, 6) is -3.78. The number of hydrogen-bond acceptors (Lipinski definition) is 14. The van der Waals surface area contributed by atoms with Gasteiger partial charge in [-0.3, -0.25) is 19.7 Å². The Bertz CT molecular complexity index is 1310. The van der Waals surface area contributed by atoms with Crippen molar-refractivity contribution in [1.82, 2.24) is 14.6 Å². The van der Waals surface area contributed by atoms with E-state index >= 15 is 0 Å². The third kappa shape index (κ3) is 6.33. The number of β-lactam (4-membered cyclic amide) rings is 1. The van der Waals surface area contributed by atoms with Gasteiger partial charge in [0.05, 0.1) is 4.92 Å². The van der Waals surface area contributed by atoms with Crippen LogP contribution in [0, 0.1) is 10.1 Å². The van der Waals surface area contributed by atoms with Gasteiger partial charge in [-0.25, -0.2) is 22.5 Å². The van der Waals surface area contributed by atoms with Crippen molar-refractivity contribution in [2.45, 2.75) is 18.7 Å². The number of nitrogens with one attached hydrogen (secondary N) is 1. The molecule has 1 aromatic heterocycles. The summed E-state index contributed by atoms with van der Waals surface area (Å²) in [6.45, 7) is -0.469. The number of ether oxygens (including phenoxy) is 1. The number of carbonyl (C=O) groups is 3. The molecule has 0 aliphatic carbocycles. The molecule has 2 atom stereocenters. The maximum atomic E-state index is 12.7. The summed E-state index contributed by atoms with van der Waals surface area (Å²) < 4.78 is 39.2. The number of hydrogen-bond donors (Lipinski definition) is 2. The molecule has 0 radical (unpaired) electrons. The second-order valence-corrected chi connectivity index (χ2v) is 8.85. The van der Waals surface area contributed by atoms with Gasteiger partial charge in [-0.05, 0) is 17.7 Å². The number of aromatic nitrogens is 1. The van der Waals surface area contributed by atoms with Gasteiger partial charge in [-0.2, -0.15) is 0 Å². The van der Waals surface area contributed by atoms with Crippen molar-refractivity contribution in [3.8, 4) is 0 Å².